The third-order valence-electron chi connectivity index (χ3n) is 1.71. The Kier molecular flexibility index (Phi) is 2.41. The van der Waals surface area contributed by atoms with E-state index in [1.165, 1.54) is 12.1 Å². The first kappa shape index (κ1) is 10.1. The van der Waals surface area contributed by atoms with E-state index >= 15 is 0 Å². The molecule has 0 saturated heterocycles. The lowest BCUT2D eigenvalue weighted by molar-refractivity contribution is 0.594. The zero-order chi connectivity index (χ0) is 10.9. The summed E-state index contributed by atoms with van der Waals surface area (Å²) in [5.74, 6) is 0. The van der Waals surface area contributed by atoms with Gasteiger partial charge in [0.15, 0.2) is 0 Å². The van der Waals surface area contributed by atoms with Crippen LogP contribution >= 0.6 is 11.3 Å². The Morgan fingerprint density at radius 2 is 1.80 bits per heavy atom. The van der Waals surface area contributed by atoms with Crippen molar-refractivity contribution in [1.29, 1.82) is 0 Å². The highest BCUT2D eigenvalue weighted by molar-refractivity contribution is 7.93. The summed E-state index contributed by atoms with van der Waals surface area (Å²) in [4.78, 5) is 0.196. The largest absolute Gasteiger partial charge is 0.374 e. The molecule has 2 aromatic rings. The molecule has 78 valence electrons. The minimum Gasteiger partial charge on any atom is -0.374 e. The predicted octanol–water partition coefficient (Wildman–Crippen LogP) is 0.953. The lowest BCUT2D eigenvalue weighted by Crippen LogP contribution is -2.00. The fourth-order valence-corrected chi connectivity index (χ4v) is 3.22. The Morgan fingerprint density at radius 3 is 2.33 bits per heavy atom. The van der Waals surface area contributed by atoms with E-state index in [1.807, 2.05) is 0 Å². The predicted molar refractivity (Wildman–Crippen MR) is 56.2 cm³/mol. The van der Waals surface area contributed by atoms with Gasteiger partial charge in [0, 0.05) is 0 Å². The van der Waals surface area contributed by atoms with Crippen molar-refractivity contribution in [3.63, 3.8) is 0 Å². The van der Waals surface area contributed by atoms with Crippen molar-refractivity contribution in [1.82, 2.24) is 10.2 Å². The average molecular weight is 241 g/mol. The standard InChI is InChI=1S/C8H7N3O2S2/c9-7-10-11-8(14-7)15(12,13)6-4-2-1-3-5-6/h1-5H,(H2,9,10). The van der Waals surface area contributed by atoms with Crippen LogP contribution in [0.15, 0.2) is 39.6 Å². The Morgan fingerprint density at radius 1 is 1.13 bits per heavy atom. The van der Waals surface area contributed by atoms with Gasteiger partial charge in [0.25, 0.3) is 0 Å². The Hall–Kier alpha value is -1.47. The molecule has 7 heteroatoms. The second-order valence-corrected chi connectivity index (χ2v) is 5.86. The zero-order valence-electron chi connectivity index (χ0n) is 7.49. The van der Waals surface area contributed by atoms with Crippen LogP contribution in [0, 0.1) is 0 Å². The fourth-order valence-electron chi connectivity index (χ4n) is 1.03. The van der Waals surface area contributed by atoms with Gasteiger partial charge in [0.05, 0.1) is 4.90 Å². The quantitative estimate of drug-likeness (QED) is 0.846. The summed E-state index contributed by atoms with van der Waals surface area (Å²) >= 11 is 0.857. The summed E-state index contributed by atoms with van der Waals surface area (Å²) in [5, 5.41) is 7.14. The molecule has 0 atom stereocenters. The molecule has 0 aliphatic carbocycles. The molecule has 15 heavy (non-hydrogen) atoms. The van der Waals surface area contributed by atoms with Crippen molar-refractivity contribution in [3.05, 3.63) is 30.3 Å². The Bertz CT molecular complexity index is 563. The fraction of sp³-hybridized carbons (Fsp3) is 0. The lowest BCUT2D eigenvalue weighted by atomic mass is 10.4. The molecule has 1 aromatic carbocycles. The first-order valence-electron chi connectivity index (χ1n) is 4.00. The number of anilines is 1. The molecule has 0 amide bonds. The van der Waals surface area contributed by atoms with Crippen LogP contribution in [-0.2, 0) is 9.84 Å². The number of sulfone groups is 1. The monoisotopic (exact) mass is 241 g/mol. The maximum atomic E-state index is 11.9. The van der Waals surface area contributed by atoms with Crippen molar-refractivity contribution in [2.75, 3.05) is 5.73 Å². The molecule has 1 heterocycles. The number of nitrogens with zero attached hydrogens (tertiary/aromatic N) is 2. The normalized spacial score (nSPS) is 11.5. The van der Waals surface area contributed by atoms with Crippen LogP contribution in [0.25, 0.3) is 0 Å². The number of aromatic nitrogens is 2. The highest BCUT2D eigenvalue weighted by atomic mass is 32.2. The van der Waals surface area contributed by atoms with Crippen molar-refractivity contribution in [2.24, 2.45) is 0 Å². The van der Waals surface area contributed by atoms with E-state index < -0.39 is 9.84 Å². The third-order valence-corrected chi connectivity index (χ3v) is 4.59. The van der Waals surface area contributed by atoms with Crippen molar-refractivity contribution >= 4 is 26.3 Å². The van der Waals surface area contributed by atoms with Crippen LogP contribution in [0.3, 0.4) is 0 Å². The second-order valence-electron chi connectivity index (χ2n) is 2.72. The number of hydrogen-bond donors (Lipinski definition) is 1. The number of rotatable bonds is 2. The molecule has 0 radical (unpaired) electrons. The summed E-state index contributed by atoms with van der Waals surface area (Å²) in [6, 6.07) is 8.06. The van der Waals surface area contributed by atoms with Gasteiger partial charge in [-0.05, 0) is 12.1 Å². The Labute approximate surface area is 90.5 Å². The summed E-state index contributed by atoms with van der Waals surface area (Å²) < 4.78 is 23.7. The molecule has 0 aliphatic heterocycles. The average Bonchev–Trinajstić information content (AvgIpc) is 2.67. The number of benzene rings is 1. The maximum Gasteiger partial charge on any atom is 0.239 e. The van der Waals surface area contributed by atoms with E-state index in [-0.39, 0.29) is 14.4 Å². The van der Waals surface area contributed by atoms with Gasteiger partial charge in [-0.3, -0.25) is 0 Å². The van der Waals surface area contributed by atoms with E-state index in [2.05, 4.69) is 10.2 Å². The highest BCUT2D eigenvalue weighted by Crippen LogP contribution is 2.24. The lowest BCUT2D eigenvalue weighted by Gasteiger charge is -1.97. The zero-order valence-corrected chi connectivity index (χ0v) is 9.12. The molecule has 0 saturated carbocycles. The van der Waals surface area contributed by atoms with Crippen LogP contribution in [-0.4, -0.2) is 18.6 Å². The molecule has 0 aliphatic rings. The van der Waals surface area contributed by atoms with E-state index in [9.17, 15) is 8.42 Å². The second kappa shape index (κ2) is 3.59. The molecule has 0 fully saturated rings. The van der Waals surface area contributed by atoms with Gasteiger partial charge in [0.2, 0.25) is 19.3 Å². The van der Waals surface area contributed by atoms with Gasteiger partial charge >= 0.3 is 0 Å². The molecule has 5 nitrogen and oxygen atoms in total. The minimum atomic E-state index is -3.55. The third kappa shape index (κ3) is 1.83. The topological polar surface area (TPSA) is 85.9 Å². The van der Waals surface area contributed by atoms with Gasteiger partial charge in [-0.25, -0.2) is 8.42 Å². The summed E-state index contributed by atoms with van der Waals surface area (Å²) in [7, 11) is -3.55. The van der Waals surface area contributed by atoms with Crippen molar-refractivity contribution < 1.29 is 8.42 Å². The smallest absolute Gasteiger partial charge is 0.239 e. The number of nitrogens with two attached hydrogens (primary N) is 1. The number of nitrogen functional groups attached to an aromatic ring is 1. The van der Waals surface area contributed by atoms with Gasteiger partial charge in [-0.15, -0.1) is 10.2 Å². The first-order chi connectivity index (χ1) is 7.10. The molecule has 0 spiro atoms. The summed E-state index contributed by atoms with van der Waals surface area (Å²) in [6.45, 7) is 0. The van der Waals surface area contributed by atoms with Gasteiger partial charge in [0.1, 0.15) is 0 Å². The Balaban J connectivity index is 2.54. The molecule has 0 unspecified atom stereocenters. The summed E-state index contributed by atoms with van der Waals surface area (Å²) in [5.41, 5.74) is 5.33. The van der Waals surface area contributed by atoms with Gasteiger partial charge in [-0.1, -0.05) is 29.5 Å². The van der Waals surface area contributed by atoms with Crippen LogP contribution < -0.4 is 5.73 Å². The van der Waals surface area contributed by atoms with Crippen LogP contribution in [0.1, 0.15) is 0 Å². The van der Waals surface area contributed by atoms with Crippen LogP contribution in [0.4, 0.5) is 5.13 Å². The SMILES string of the molecule is Nc1nnc(S(=O)(=O)c2ccccc2)s1. The van der Waals surface area contributed by atoms with Gasteiger partial charge in [-0.2, -0.15) is 0 Å². The van der Waals surface area contributed by atoms with E-state index in [4.69, 9.17) is 5.73 Å². The van der Waals surface area contributed by atoms with E-state index in [0.29, 0.717) is 0 Å². The van der Waals surface area contributed by atoms with Crippen molar-refractivity contribution in [2.45, 2.75) is 9.24 Å². The van der Waals surface area contributed by atoms with E-state index in [0.717, 1.165) is 11.3 Å². The number of hydrogen-bond acceptors (Lipinski definition) is 6. The highest BCUT2D eigenvalue weighted by Gasteiger charge is 2.21. The molecule has 2 N–H and O–H groups in total. The molecule has 1 aromatic heterocycles. The molecule has 2 rings (SSSR count). The minimum absolute atomic E-state index is 0.0776. The maximum absolute atomic E-state index is 11.9. The van der Waals surface area contributed by atoms with E-state index in [1.54, 1.807) is 18.2 Å². The van der Waals surface area contributed by atoms with Crippen LogP contribution in [0.5, 0.6) is 0 Å². The van der Waals surface area contributed by atoms with Crippen LogP contribution in [0.2, 0.25) is 0 Å². The van der Waals surface area contributed by atoms with Crippen molar-refractivity contribution in [3.8, 4) is 0 Å². The molecule has 0 bridgehead atoms. The van der Waals surface area contributed by atoms with Gasteiger partial charge < -0.3 is 5.73 Å². The first-order valence-corrected chi connectivity index (χ1v) is 6.30. The molecular formula is C8H7N3O2S2. The summed E-state index contributed by atoms with van der Waals surface area (Å²) in [6.07, 6.45) is 0. The molecular weight excluding hydrogens is 234 g/mol.